The molecule has 2 N–H and O–H groups in total. The van der Waals surface area contributed by atoms with Gasteiger partial charge in [-0.3, -0.25) is 4.72 Å². The number of hydrogen-bond acceptors (Lipinski definition) is 5. The van der Waals surface area contributed by atoms with E-state index < -0.39 is 21.7 Å². The highest BCUT2D eigenvalue weighted by atomic mass is 32.2. The molecule has 0 aliphatic carbocycles. The van der Waals surface area contributed by atoms with Gasteiger partial charge in [0.2, 0.25) is 0 Å². The number of rotatable bonds is 3. The molecule has 8 heteroatoms. The molecule has 0 saturated heterocycles. The van der Waals surface area contributed by atoms with Gasteiger partial charge in [0, 0.05) is 25.2 Å². The third-order valence-electron chi connectivity index (χ3n) is 3.67. The van der Waals surface area contributed by atoms with Crippen molar-refractivity contribution in [1.82, 2.24) is 9.55 Å². The Morgan fingerprint density at radius 2 is 2.17 bits per heavy atom. The topological polar surface area (TPSA) is 93.5 Å². The Morgan fingerprint density at radius 3 is 2.83 bits per heavy atom. The van der Waals surface area contributed by atoms with Crippen LogP contribution < -0.4 is 9.46 Å². The maximum Gasteiger partial charge on any atom is 0.281 e. The molecule has 0 amide bonds. The minimum absolute atomic E-state index is 0.0757. The standard InChI is InChI=1S/C15H19N3O4S/c1-15(2)7-12(19)10-5-4-6-11(14(10)22-15)17-23(20,21)13-8-18(3)9-16-13/h4-6,8-9,12,17,19H,7H2,1-3H3. The van der Waals surface area contributed by atoms with Gasteiger partial charge in [-0.05, 0) is 19.9 Å². The van der Waals surface area contributed by atoms with Gasteiger partial charge < -0.3 is 14.4 Å². The van der Waals surface area contributed by atoms with Crippen LogP contribution in [0.1, 0.15) is 31.9 Å². The smallest absolute Gasteiger partial charge is 0.281 e. The molecule has 1 aliphatic rings. The molecule has 1 aromatic heterocycles. The highest BCUT2D eigenvalue weighted by molar-refractivity contribution is 7.92. The summed E-state index contributed by atoms with van der Waals surface area (Å²) in [6.45, 7) is 3.70. The lowest BCUT2D eigenvalue weighted by molar-refractivity contribution is 0.0122. The molecule has 1 aliphatic heterocycles. The minimum atomic E-state index is -3.82. The zero-order valence-electron chi connectivity index (χ0n) is 13.1. The summed E-state index contributed by atoms with van der Waals surface area (Å²) in [4.78, 5) is 3.86. The summed E-state index contributed by atoms with van der Waals surface area (Å²) < 4.78 is 34.8. The lowest BCUT2D eigenvalue weighted by Crippen LogP contribution is -2.35. The SMILES string of the molecule is Cn1cnc(S(=O)(=O)Nc2cccc3c2OC(C)(C)CC3O)c1. The van der Waals surface area contributed by atoms with Crippen molar-refractivity contribution in [3.8, 4) is 5.75 Å². The first-order chi connectivity index (χ1) is 10.7. The summed E-state index contributed by atoms with van der Waals surface area (Å²) in [5.74, 6) is 0.357. The largest absolute Gasteiger partial charge is 0.485 e. The van der Waals surface area contributed by atoms with E-state index in [0.29, 0.717) is 23.4 Å². The number of aliphatic hydroxyl groups excluding tert-OH is 1. The number of fused-ring (bicyclic) bond motifs is 1. The molecular formula is C15H19N3O4S. The van der Waals surface area contributed by atoms with Gasteiger partial charge in [-0.2, -0.15) is 8.42 Å². The molecule has 0 saturated carbocycles. The number of para-hydroxylation sites is 1. The second-order valence-corrected chi connectivity index (χ2v) is 7.92. The first kappa shape index (κ1) is 15.8. The number of aliphatic hydroxyl groups is 1. The second kappa shape index (κ2) is 5.24. The molecule has 124 valence electrons. The number of benzene rings is 1. The molecule has 23 heavy (non-hydrogen) atoms. The average Bonchev–Trinajstić information content (AvgIpc) is 2.86. The Labute approximate surface area is 135 Å². The number of hydrogen-bond donors (Lipinski definition) is 2. The van der Waals surface area contributed by atoms with Crippen molar-refractivity contribution in [2.24, 2.45) is 7.05 Å². The number of anilines is 1. The molecule has 0 spiro atoms. The fraction of sp³-hybridized carbons (Fsp3) is 0.400. The number of imidazole rings is 1. The highest BCUT2D eigenvalue weighted by Crippen LogP contribution is 2.44. The molecule has 0 bridgehead atoms. The quantitative estimate of drug-likeness (QED) is 0.891. The Hall–Kier alpha value is -2.06. The molecular weight excluding hydrogens is 318 g/mol. The molecule has 1 atom stereocenters. The predicted molar refractivity (Wildman–Crippen MR) is 84.7 cm³/mol. The summed E-state index contributed by atoms with van der Waals surface area (Å²) in [6.07, 6.45) is 2.57. The molecule has 0 radical (unpaired) electrons. The van der Waals surface area contributed by atoms with Gasteiger partial charge in [0.15, 0.2) is 5.03 Å². The van der Waals surface area contributed by atoms with Crippen LogP contribution in [0.5, 0.6) is 5.75 Å². The van der Waals surface area contributed by atoms with E-state index in [2.05, 4.69) is 9.71 Å². The molecule has 1 unspecified atom stereocenters. The first-order valence-electron chi connectivity index (χ1n) is 7.19. The van der Waals surface area contributed by atoms with Crippen LogP contribution >= 0.6 is 0 Å². The summed E-state index contributed by atoms with van der Waals surface area (Å²) >= 11 is 0. The number of ether oxygens (including phenoxy) is 1. The summed E-state index contributed by atoms with van der Waals surface area (Å²) in [7, 11) is -2.13. The van der Waals surface area contributed by atoms with Gasteiger partial charge in [0.1, 0.15) is 11.4 Å². The van der Waals surface area contributed by atoms with Crippen LogP contribution in [0.3, 0.4) is 0 Å². The van der Waals surface area contributed by atoms with Crippen LogP contribution in [0.4, 0.5) is 5.69 Å². The van der Waals surface area contributed by atoms with Gasteiger partial charge in [-0.25, -0.2) is 4.98 Å². The molecule has 2 heterocycles. The van der Waals surface area contributed by atoms with E-state index in [1.807, 2.05) is 13.8 Å². The highest BCUT2D eigenvalue weighted by Gasteiger charge is 2.35. The third kappa shape index (κ3) is 3.04. The molecule has 1 aromatic carbocycles. The van der Waals surface area contributed by atoms with Crippen LogP contribution in [0.25, 0.3) is 0 Å². The van der Waals surface area contributed by atoms with E-state index in [-0.39, 0.29) is 5.03 Å². The number of aromatic nitrogens is 2. The average molecular weight is 337 g/mol. The van der Waals surface area contributed by atoms with Gasteiger partial charge in [0.25, 0.3) is 10.0 Å². The van der Waals surface area contributed by atoms with Gasteiger partial charge >= 0.3 is 0 Å². The summed E-state index contributed by atoms with van der Waals surface area (Å²) in [5, 5.41) is 10.2. The van der Waals surface area contributed by atoms with Crippen LogP contribution in [-0.2, 0) is 17.1 Å². The second-order valence-electron chi connectivity index (χ2n) is 6.29. The Morgan fingerprint density at radius 1 is 1.43 bits per heavy atom. The zero-order chi connectivity index (χ0) is 16.8. The van der Waals surface area contributed by atoms with E-state index >= 15 is 0 Å². The molecule has 0 fully saturated rings. The van der Waals surface area contributed by atoms with Crippen LogP contribution in [0, 0.1) is 0 Å². The van der Waals surface area contributed by atoms with Crippen LogP contribution in [-0.4, -0.2) is 28.7 Å². The van der Waals surface area contributed by atoms with E-state index in [9.17, 15) is 13.5 Å². The molecule has 3 rings (SSSR count). The molecule has 2 aromatic rings. The summed E-state index contributed by atoms with van der Waals surface area (Å²) in [6, 6.07) is 5.02. The fourth-order valence-corrected chi connectivity index (χ4v) is 3.68. The third-order valence-corrected chi connectivity index (χ3v) is 4.92. The van der Waals surface area contributed by atoms with E-state index in [1.165, 1.54) is 12.5 Å². The predicted octanol–water partition coefficient (Wildman–Crippen LogP) is 1.82. The number of nitrogens with one attached hydrogen (secondary N) is 1. The minimum Gasteiger partial charge on any atom is -0.485 e. The zero-order valence-corrected chi connectivity index (χ0v) is 14.0. The van der Waals surface area contributed by atoms with Crippen molar-refractivity contribution in [3.05, 3.63) is 36.3 Å². The maximum absolute atomic E-state index is 12.4. The lowest BCUT2D eigenvalue weighted by Gasteiger charge is -2.36. The first-order valence-corrected chi connectivity index (χ1v) is 8.67. The number of sulfonamides is 1. The Kier molecular flexibility index (Phi) is 3.61. The normalized spacial score (nSPS) is 19.7. The van der Waals surface area contributed by atoms with Crippen molar-refractivity contribution in [1.29, 1.82) is 0 Å². The van der Waals surface area contributed by atoms with Crippen LogP contribution in [0.2, 0.25) is 0 Å². The van der Waals surface area contributed by atoms with E-state index in [0.717, 1.165) is 0 Å². The number of aryl methyl sites for hydroxylation is 1. The fourth-order valence-electron chi connectivity index (χ4n) is 2.63. The van der Waals surface area contributed by atoms with Crippen molar-refractivity contribution in [2.75, 3.05) is 4.72 Å². The van der Waals surface area contributed by atoms with Gasteiger partial charge in [0.05, 0.1) is 18.1 Å². The maximum atomic E-state index is 12.4. The summed E-state index contributed by atoms with van der Waals surface area (Å²) in [5.41, 5.74) is 0.282. The van der Waals surface area contributed by atoms with Crippen molar-refractivity contribution in [3.63, 3.8) is 0 Å². The monoisotopic (exact) mass is 337 g/mol. The van der Waals surface area contributed by atoms with Crippen molar-refractivity contribution in [2.45, 2.75) is 37.0 Å². The van der Waals surface area contributed by atoms with E-state index in [4.69, 9.17) is 4.74 Å². The Balaban J connectivity index is 2.01. The van der Waals surface area contributed by atoms with Crippen LogP contribution in [0.15, 0.2) is 35.7 Å². The molecule has 7 nitrogen and oxygen atoms in total. The Bertz CT molecular complexity index is 842. The van der Waals surface area contributed by atoms with Crippen molar-refractivity contribution >= 4 is 15.7 Å². The van der Waals surface area contributed by atoms with E-state index in [1.54, 1.807) is 29.8 Å². The lowest BCUT2D eigenvalue weighted by atomic mass is 9.91. The van der Waals surface area contributed by atoms with Gasteiger partial charge in [-0.1, -0.05) is 12.1 Å². The van der Waals surface area contributed by atoms with Gasteiger partial charge in [-0.15, -0.1) is 0 Å². The number of nitrogens with zero attached hydrogens (tertiary/aromatic N) is 2. The van der Waals surface area contributed by atoms with Crippen molar-refractivity contribution < 1.29 is 18.3 Å².